The van der Waals surface area contributed by atoms with Gasteiger partial charge < -0.3 is 14.6 Å². The van der Waals surface area contributed by atoms with Crippen LogP contribution < -0.4 is 19.9 Å². The maximum atomic E-state index is 12.6. The highest BCUT2D eigenvalue weighted by Gasteiger charge is 2.34. The Morgan fingerprint density at radius 3 is 2.19 bits per heavy atom. The second-order valence-corrected chi connectivity index (χ2v) is 6.64. The Balaban J connectivity index is 1.97. The van der Waals surface area contributed by atoms with Crippen molar-refractivity contribution in [1.29, 1.82) is 0 Å². The van der Waals surface area contributed by atoms with Crippen LogP contribution in [0.4, 0.5) is 5.69 Å². The molecule has 0 atom stereocenters. The molecule has 1 saturated heterocycles. The molecule has 7 nitrogen and oxygen atoms in total. The van der Waals surface area contributed by atoms with E-state index in [1.807, 2.05) is 12.1 Å². The average molecular weight is 466 g/mol. The second kappa shape index (κ2) is 7.24. The number of hydrogen-bond donors (Lipinski definition) is 2. The number of phenolic OH excluding ortho intramolecular Hbond substituents is 1. The van der Waals surface area contributed by atoms with Gasteiger partial charge in [0.15, 0.2) is 11.5 Å². The van der Waals surface area contributed by atoms with Crippen LogP contribution in [0, 0.1) is 3.57 Å². The lowest BCUT2D eigenvalue weighted by Crippen LogP contribution is -2.35. The van der Waals surface area contributed by atoms with E-state index in [0.717, 1.165) is 3.57 Å². The first-order valence-corrected chi connectivity index (χ1v) is 8.60. The molecule has 0 aromatic heterocycles. The smallest absolute Gasteiger partial charge is 0.282 e. The van der Waals surface area contributed by atoms with Gasteiger partial charge in [-0.15, -0.1) is 0 Å². The minimum Gasteiger partial charge on any atom is -0.502 e. The molecule has 2 amide bonds. The van der Waals surface area contributed by atoms with Crippen molar-refractivity contribution in [3.05, 3.63) is 51.1 Å². The maximum absolute atomic E-state index is 12.6. The fourth-order valence-electron chi connectivity index (χ4n) is 2.49. The van der Waals surface area contributed by atoms with Gasteiger partial charge in [-0.05, 0) is 70.6 Å². The van der Waals surface area contributed by atoms with Gasteiger partial charge in [0, 0.05) is 3.57 Å². The van der Waals surface area contributed by atoms with E-state index in [1.165, 1.54) is 37.4 Å². The van der Waals surface area contributed by atoms with Gasteiger partial charge >= 0.3 is 0 Å². The predicted molar refractivity (Wildman–Crippen MR) is 104 cm³/mol. The molecule has 3 rings (SSSR count). The number of methoxy groups -OCH3 is 2. The molecule has 8 heteroatoms. The fraction of sp³-hybridized carbons (Fsp3) is 0.111. The van der Waals surface area contributed by atoms with Crippen molar-refractivity contribution in [1.82, 2.24) is 5.43 Å². The quantitative estimate of drug-likeness (QED) is 0.411. The zero-order valence-corrected chi connectivity index (χ0v) is 16.1. The van der Waals surface area contributed by atoms with E-state index in [2.05, 4.69) is 28.0 Å². The Hall–Kier alpha value is -2.75. The van der Waals surface area contributed by atoms with Gasteiger partial charge in [-0.3, -0.25) is 15.0 Å². The lowest BCUT2D eigenvalue weighted by Gasteiger charge is -2.14. The molecule has 0 bridgehead atoms. The number of hydrazine groups is 1. The van der Waals surface area contributed by atoms with Crippen molar-refractivity contribution in [2.24, 2.45) is 0 Å². The van der Waals surface area contributed by atoms with Crippen LogP contribution in [-0.4, -0.2) is 31.1 Å². The molecule has 1 heterocycles. The summed E-state index contributed by atoms with van der Waals surface area (Å²) in [5.41, 5.74) is 3.56. The summed E-state index contributed by atoms with van der Waals surface area (Å²) >= 11 is 2.16. The van der Waals surface area contributed by atoms with Gasteiger partial charge in [-0.2, -0.15) is 0 Å². The number of carbonyl (C=O) groups excluding carboxylic acids is 2. The summed E-state index contributed by atoms with van der Waals surface area (Å²) in [6.07, 6.45) is 1.43. The second-order valence-electron chi connectivity index (χ2n) is 5.39. The first-order chi connectivity index (χ1) is 12.4. The van der Waals surface area contributed by atoms with Gasteiger partial charge in [-0.25, -0.2) is 5.01 Å². The summed E-state index contributed by atoms with van der Waals surface area (Å²) in [5, 5.41) is 11.2. The summed E-state index contributed by atoms with van der Waals surface area (Å²) < 4.78 is 11.2. The number of halogens is 1. The molecule has 2 aromatic rings. The van der Waals surface area contributed by atoms with E-state index in [1.54, 1.807) is 12.1 Å². The molecular formula is C18H15IN2O5. The first kappa shape index (κ1) is 18.1. The van der Waals surface area contributed by atoms with E-state index >= 15 is 0 Å². The average Bonchev–Trinajstić information content (AvgIpc) is 2.91. The fourth-order valence-corrected chi connectivity index (χ4v) is 2.85. The van der Waals surface area contributed by atoms with Gasteiger partial charge in [0.25, 0.3) is 11.8 Å². The van der Waals surface area contributed by atoms with Crippen LogP contribution in [0.25, 0.3) is 6.08 Å². The highest BCUT2D eigenvalue weighted by atomic mass is 127. The number of aromatic hydroxyl groups is 1. The van der Waals surface area contributed by atoms with Gasteiger partial charge in [-0.1, -0.05) is 0 Å². The van der Waals surface area contributed by atoms with Crippen LogP contribution in [0.15, 0.2) is 42.0 Å². The summed E-state index contributed by atoms with van der Waals surface area (Å²) in [7, 11) is 2.80. The Morgan fingerprint density at radius 1 is 1.08 bits per heavy atom. The van der Waals surface area contributed by atoms with Gasteiger partial charge in [0.05, 0.1) is 19.9 Å². The topological polar surface area (TPSA) is 88.1 Å². The molecule has 26 heavy (non-hydrogen) atoms. The maximum Gasteiger partial charge on any atom is 0.282 e. The summed E-state index contributed by atoms with van der Waals surface area (Å²) in [5.74, 6) is -0.783. The molecule has 1 aliphatic rings. The number of anilines is 1. The highest BCUT2D eigenvalue weighted by molar-refractivity contribution is 14.1. The zero-order valence-electron chi connectivity index (χ0n) is 13.9. The van der Waals surface area contributed by atoms with Gasteiger partial charge in [0.1, 0.15) is 5.57 Å². The number of nitrogens with one attached hydrogen (secondary N) is 1. The summed E-state index contributed by atoms with van der Waals surface area (Å²) in [4.78, 5) is 24.9. The largest absolute Gasteiger partial charge is 0.502 e. The van der Waals surface area contributed by atoms with Crippen LogP contribution in [-0.2, 0) is 9.59 Å². The Bertz CT molecular complexity index is 883. The van der Waals surface area contributed by atoms with Crippen LogP contribution >= 0.6 is 22.6 Å². The van der Waals surface area contributed by atoms with Crippen molar-refractivity contribution >= 4 is 46.2 Å². The highest BCUT2D eigenvalue weighted by Crippen LogP contribution is 2.38. The molecule has 0 unspecified atom stereocenters. The predicted octanol–water partition coefficient (Wildman–Crippen LogP) is 2.48. The van der Waals surface area contributed by atoms with Crippen LogP contribution in [0.3, 0.4) is 0 Å². The minimum atomic E-state index is -0.514. The summed E-state index contributed by atoms with van der Waals surface area (Å²) in [6.45, 7) is 0. The molecule has 1 fully saturated rings. The Morgan fingerprint density at radius 2 is 1.65 bits per heavy atom. The van der Waals surface area contributed by atoms with E-state index in [9.17, 15) is 14.7 Å². The number of hydrogen-bond acceptors (Lipinski definition) is 5. The number of phenols is 1. The van der Waals surface area contributed by atoms with E-state index in [-0.39, 0.29) is 22.8 Å². The Kier molecular flexibility index (Phi) is 5.03. The standard InChI is InChI=1S/C18H15IN2O5/c1-25-14-8-10(9-15(26-2)16(14)22)7-13-17(23)20-21(18(13)24)12-5-3-11(19)4-6-12/h3-9,22H,1-2H3,(H,20,23)/b13-7-. The number of rotatable bonds is 4. The van der Waals surface area contributed by atoms with Crippen molar-refractivity contribution in [3.63, 3.8) is 0 Å². The van der Waals surface area contributed by atoms with Crippen LogP contribution in [0.5, 0.6) is 17.2 Å². The number of ether oxygens (including phenoxy) is 2. The number of carbonyl (C=O) groups is 2. The lowest BCUT2D eigenvalue weighted by molar-refractivity contribution is -0.117. The van der Waals surface area contributed by atoms with Crippen LogP contribution in [0.1, 0.15) is 5.56 Å². The van der Waals surface area contributed by atoms with Crippen molar-refractivity contribution in [3.8, 4) is 17.2 Å². The summed E-state index contributed by atoms with van der Waals surface area (Å²) in [6, 6.07) is 10.2. The van der Waals surface area contributed by atoms with Crippen molar-refractivity contribution < 1.29 is 24.2 Å². The third kappa shape index (κ3) is 3.32. The number of nitrogens with zero attached hydrogens (tertiary/aromatic N) is 1. The Labute approximate surface area is 163 Å². The molecule has 1 aliphatic heterocycles. The van der Waals surface area contributed by atoms with Crippen LogP contribution in [0.2, 0.25) is 0 Å². The number of amides is 2. The van der Waals surface area contributed by atoms with Crippen molar-refractivity contribution in [2.75, 3.05) is 19.2 Å². The first-order valence-electron chi connectivity index (χ1n) is 7.52. The van der Waals surface area contributed by atoms with E-state index < -0.39 is 11.8 Å². The third-order valence-electron chi connectivity index (χ3n) is 3.79. The molecular weight excluding hydrogens is 451 g/mol. The molecule has 0 saturated carbocycles. The molecule has 0 radical (unpaired) electrons. The van der Waals surface area contributed by atoms with E-state index in [4.69, 9.17) is 9.47 Å². The normalized spacial score (nSPS) is 15.3. The van der Waals surface area contributed by atoms with Crippen molar-refractivity contribution in [2.45, 2.75) is 0 Å². The monoisotopic (exact) mass is 466 g/mol. The number of benzene rings is 2. The molecule has 2 N–H and O–H groups in total. The minimum absolute atomic E-state index is 0.0293. The molecule has 134 valence electrons. The lowest BCUT2D eigenvalue weighted by atomic mass is 10.1. The zero-order chi connectivity index (χ0) is 18.8. The molecule has 0 spiro atoms. The van der Waals surface area contributed by atoms with E-state index in [0.29, 0.717) is 11.3 Å². The SMILES string of the molecule is COc1cc(/C=C2/C(=O)NN(c3ccc(I)cc3)C2=O)cc(OC)c1O. The van der Waals surface area contributed by atoms with Gasteiger partial charge in [0.2, 0.25) is 5.75 Å². The third-order valence-corrected chi connectivity index (χ3v) is 4.51. The molecule has 2 aromatic carbocycles. The molecule has 0 aliphatic carbocycles.